The minimum absolute atomic E-state index is 0.111. The lowest BCUT2D eigenvalue weighted by Crippen LogP contribution is -2.15. The molecule has 0 spiro atoms. The summed E-state index contributed by atoms with van der Waals surface area (Å²) >= 11 is 0. The Morgan fingerprint density at radius 3 is 2.89 bits per heavy atom. The molecule has 3 N–H and O–H groups in total. The van der Waals surface area contributed by atoms with Crippen LogP contribution in [0.25, 0.3) is 0 Å². The third-order valence-electron chi connectivity index (χ3n) is 2.70. The normalized spacial score (nSPS) is 10.4. The van der Waals surface area contributed by atoms with Crippen LogP contribution in [0.1, 0.15) is 18.3 Å². The van der Waals surface area contributed by atoms with Crippen LogP contribution in [0.4, 0.5) is 11.4 Å². The van der Waals surface area contributed by atoms with E-state index in [9.17, 15) is 4.79 Å². The number of aryl methyl sites for hydroxylation is 2. The van der Waals surface area contributed by atoms with Crippen LogP contribution < -0.4 is 11.1 Å². The van der Waals surface area contributed by atoms with Gasteiger partial charge in [0.2, 0.25) is 5.91 Å². The van der Waals surface area contributed by atoms with Crippen LogP contribution in [0.15, 0.2) is 24.5 Å². The smallest absolute Gasteiger partial charge is 0.230 e. The number of nitrogen functional groups attached to an aromatic ring is 1. The standard InChI is InChI=1S/C13H17N5O/c1-3-11-12(8-18(2)17-11)16-13(19)6-10-5-4-9(14)7-15-10/h4-5,7-8H,3,6,14H2,1-2H3,(H,16,19). The highest BCUT2D eigenvalue weighted by Gasteiger charge is 2.10. The molecule has 2 heterocycles. The van der Waals surface area contributed by atoms with E-state index >= 15 is 0 Å². The van der Waals surface area contributed by atoms with Gasteiger partial charge in [-0.2, -0.15) is 5.10 Å². The van der Waals surface area contributed by atoms with E-state index in [1.165, 1.54) is 0 Å². The summed E-state index contributed by atoms with van der Waals surface area (Å²) in [5.74, 6) is -0.111. The molecule has 0 aromatic carbocycles. The highest BCUT2D eigenvalue weighted by molar-refractivity contribution is 5.92. The van der Waals surface area contributed by atoms with Crippen LogP contribution in [0.2, 0.25) is 0 Å². The Morgan fingerprint density at radius 2 is 2.26 bits per heavy atom. The van der Waals surface area contributed by atoms with Crippen molar-refractivity contribution in [3.05, 3.63) is 35.9 Å². The molecule has 1 amide bonds. The molecule has 0 bridgehead atoms. The van der Waals surface area contributed by atoms with Crippen molar-refractivity contribution in [2.24, 2.45) is 7.05 Å². The number of nitrogens with zero attached hydrogens (tertiary/aromatic N) is 3. The lowest BCUT2D eigenvalue weighted by atomic mass is 10.2. The minimum atomic E-state index is -0.111. The van der Waals surface area contributed by atoms with Gasteiger partial charge in [-0.1, -0.05) is 6.92 Å². The van der Waals surface area contributed by atoms with E-state index in [1.807, 2.05) is 14.0 Å². The number of amides is 1. The predicted molar refractivity (Wildman–Crippen MR) is 73.6 cm³/mol. The van der Waals surface area contributed by atoms with Crippen molar-refractivity contribution < 1.29 is 4.79 Å². The predicted octanol–water partition coefficient (Wildman–Crippen LogP) is 1.14. The Hall–Kier alpha value is -2.37. The fraction of sp³-hybridized carbons (Fsp3) is 0.308. The van der Waals surface area contributed by atoms with Gasteiger partial charge in [0.15, 0.2) is 0 Å². The van der Waals surface area contributed by atoms with Crippen LogP contribution in [0.5, 0.6) is 0 Å². The minimum Gasteiger partial charge on any atom is -0.397 e. The number of rotatable bonds is 4. The fourth-order valence-electron chi connectivity index (χ4n) is 1.80. The molecule has 0 aliphatic rings. The summed E-state index contributed by atoms with van der Waals surface area (Å²) in [6.45, 7) is 2.00. The third kappa shape index (κ3) is 3.31. The average Bonchev–Trinajstić information content (AvgIpc) is 2.72. The van der Waals surface area contributed by atoms with Crippen molar-refractivity contribution in [2.45, 2.75) is 19.8 Å². The first-order valence-corrected chi connectivity index (χ1v) is 6.11. The van der Waals surface area contributed by atoms with E-state index in [1.54, 1.807) is 29.2 Å². The average molecular weight is 259 g/mol. The first kappa shape index (κ1) is 13.1. The lowest BCUT2D eigenvalue weighted by molar-refractivity contribution is -0.115. The summed E-state index contributed by atoms with van der Waals surface area (Å²) in [7, 11) is 1.83. The van der Waals surface area contributed by atoms with Gasteiger partial charge in [-0.25, -0.2) is 0 Å². The number of carbonyl (C=O) groups is 1. The van der Waals surface area contributed by atoms with Gasteiger partial charge in [-0.3, -0.25) is 14.5 Å². The number of nitrogens with one attached hydrogen (secondary N) is 1. The highest BCUT2D eigenvalue weighted by atomic mass is 16.1. The highest BCUT2D eigenvalue weighted by Crippen LogP contribution is 2.14. The molecule has 0 atom stereocenters. The van der Waals surface area contributed by atoms with Crippen molar-refractivity contribution in [3.8, 4) is 0 Å². The van der Waals surface area contributed by atoms with Gasteiger partial charge in [-0.15, -0.1) is 0 Å². The molecule has 19 heavy (non-hydrogen) atoms. The Morgan fingerprint density at radius 1 is 1.47 bits per heavy atom. The molecule has 2 rings (SSSR count). The zero-order chi connectivity index (χ0) is 13.8. The van der Waals surface area contributed by atoms with Crippen molar-refractivity contribution in [3.63, 3.8) is 0 Å². The molecule has 0 unspecified atom stereocenters. The number of hydrogen-bond acceptors (Lipinski definition) is 4. The Balaban J connectivity index is 2.03. The Labute approximate surface area is 111 Å². The first-order chi connectivity index (χ1) is 9.08. The molecule has 0 aliphatic heterocycles. The molecule has 6 nitrogen and oxygen atoms in total. The van der Waals surface area contributed by atoms with E-state index in [-0.39, 0.29) is 12.3 Å². The largest absolute Gasteiger partial charge is 0.397 e. The van der Waals surface area contributed by atoms with Gasteiger partial charge in [0, 0.05) is 18.9 Å². The summed E-state index contributed by atoms with van der Waals surface area (Å²) in [6.07, 6.45) is 4.34. The van der Waals surface area contributed by atoms with E-state index in [2.05, 4.69) is 15.4 Å². The maximum Gasteiger partial charge on any atom is 0.230 e. The number of hydrogen-bond donors (Lipinski definition) is 2. The van der Waals surface area contributed by atoms with Crippen LogP contribution >= 0.6 is 0 Å². The molecule has 0 fully saturated rings. The van der Waals surface area contributed by atoms with E-state index < -0.39 is 0 Å². The molecule has 100 valence electrons. The molecule has 0 radical (unpaired) electrons. The van der Waals surface area contributed by atoms with E-state index in [0.717, 1.165) is 17.8 Å². The Kier molecular flexibility index (Phi) is 3.79. The number of nitrogens with two attached hydrogens (primary N) is 1. The SMILES string of the molecule is CCc1nn(C)cc1NC(=O)Cc1ccc(N)cn1. The second-order valence-electron chi connectivity index (χ2n) is 4.32. The van der Waals surface area contributed by atoms with Crippen LogP contribution in [-0.2, 0) is 24.7 Å². The van der Waals surface area contributed by atoms with E-state index in [0.29, 0.717) is 11.4 Å². The quantitative estimate of drug-likeness (QED) is 0.862. The third-order valence-corrected chi connectivity index (χ3v) is 2.70. The number of anilines is 2. The van der Waals surface area contributed by atoms with Gasteiger partial charge in [0.05, 0.1) is 29.7 Å². The first-order valence-electron chi connectivity index (χ1n) is 6.11. The second kappa shape index (κ2) is 5.51. The van der Waals surface area contributed by atoms with Gasteiger partial charge < -0.3 is 11.1 Å². The molecule has 0 saturated heterocycles. The van der Waals surface area contributed by atoms with Gasteiger partial charge in [0.1, 0.15) is 0 Å². The summed E-state index contributed by atoms with van der Waals surface area (Å²) in [5, 5.41) is 7.12. The number of pyridine rings is 1. The van der Waals surface area contributed by atoms with Gasteiger partial charge >= 0.3 is 0 Å². The van der Waals surface area contributed by atoms with Crippen LogP contribution in [0.3, 0.4) is 0 Å². The van der Waals surface area contributed by atoms with Crippen molar-refractivity contribution >= 4 is 17.3 Å². The molecule has 2 aromatic heterocycles. The fourth-order valence-corrected chi connectivity index (χ4v) is 1.80. The second-order valence-corrected chi connectivity index (χ2v) is 4.32. The summed E-state index contributed by atoms with van der Waals surface area (Å²) in [5.41, 5.74) is 8.45. The summed E-state index contributed by atoms with van der Waals surface area (Å²) < 4.78 is 1.69. The monoisotopic (exact) mass is 259 g/mol. The number of carbonyl (C=O) groups excluding carboxylic acids is 1. The van der Waals surface area contributed by atoms with Crippen LogP contribution in [0, 0.1) is 0 Å². The van der Waals surface area contributed by atoms with Crippen molar-refractivity contribution in [1.82, 2.24) is 14.8 Å². The zero-order valence-corrected chi connectivity index (χ0v) is 11.1. The molecular formula is C13H17N5O. The summed E-state index contributed by atoms with van der Waals surface area (Å²) in [6, 6.07) is 3.48. The molecule has 0 saturated carbocycles. The van der Waals surface area contributed by atoms with Crippen LogP contribution in [-0.4, -0.2) is 20.7 Å². The van der Waals surface area contributed by atoms with Crippen molar-refractivity contribution in [1.29, 1.82) is 0 Å². The van der Waals surface area contributed by atoms with E-state index in [4.69, 9.17) is 5.73 Å². The van der Waals surface area contributed by atoms with Gasteiger partial charge in [-0.05, 0) is 18.6 Å². The number of aromatic nitrogens is 3. The maximum atomic E-state index is 11.9. The van der Waals surface area contributed by atoms with Gasteiger partial charge in [0.25, 0.3) is 0 Å². The maximum absolute atomic E-state index is 11.9. The zero-order valence-electron chi connectivity index (χ0n) is 11.1. The lowest BCUT2D eigenvalue weighted by Gasteiger charge is -2.04. The topological polar surface area (TPSA) is 85.8 Å². The molecule has 0 aliphatic carbocycles. The Bertz CT molecular complexity index is 573. The molecule has 6 heteroatoms. The van der Waals surface area contributed by atoms with Crippen molar-refractivity contribution in [2.75, 3.05) is 11.1 Å². The summed E-state index contributed by atoms with van der Waals surface area (Å²) in [4.78, 5) is 16.0. The molecular weight excluding hydrogens is 242 g/mol. The molecule has 2 aromatic rings.